The fraction of sp³-hybridized carbons (Fsp3) is 1.00. The lowest BCUT2D eigenvalue weighted by Crippen LogP contribution is -1.90. The van der Waals surface area contributed by atoms with Gasteiger partial charge in [-0.1, -0.05) is 90.9 Å². The van der Waals surface area contributed by atoms with E-state index >= 15 is 0 Å². The molecule has 0 bridgehead atoms. The zero-order valence-corrected chi connectivity index (χ0v) is 17.1. The van der Waals surface area contributed by atoms with Crippen molar-refractivity contribution in [1.82, 2.24) is 0 Å². The van der Waals surface area contributed by atoms with Crippen molar-refractivity contribution in [2.75, 3.05) is 0 Å². The van der Waals surface area contributed by atoms with Crippen molar-refractivity contribution in [3.63, 3.8) is 0 Å². The normalized spacial score (nSPS) is 10.8. The number of unbranched alkanes of at least 4 members (excludes halogenated alkanes) is 10. The molecule has 0 spiro atoms. The van der Waals surface area contributed by atoms with Gasteiger partial charge in [-0.2, -0.15) is 0 Å². The van der Waals surface area contributed by atoms with Crippen LogP contribution in [0.15, 0.2) is 0 Å². The van der Waals surface area contributed by atoms with Crippen molar-refractivity contribution in [3.05, 3.63) is 0 Å². The highest BCUT2D eigenvalue weighted by Crippen LogP contribution is 2.25. The van der Waals surface area contributed by atoms with Gasteiger partial charge in [0.05, 0.1) is 0 Å². The summed E-state index contributed by atoms with van der Waals surface area (Å²) in [4.78, 5) is 21.6. The summed E-state index contributed by atoms with van der Waals surface area (Å²) in [5, 5.41) is 0. The molecule has 0 aliphatic carbocycles. The number of hydrogen-bond donors (Lipinski definition) is 3. The molecule has 0 aromatic carbocycles. The summed E-state index contributed by atoms with van der Waals surface area (Å²) in [6.07, 6.45) is 17.8. The molecule has 132 valence electrons. The third-order valence-corrected chi connectivity index (χ3v) is 5.71. The average Bonchev–Trinajstić information content (AvgIpc) is 2.42. The molecule has 0 atom stereocenters. The summed E-state index contributed by atoms with van der Waals surface area (Å²) in [5.41, 5.74) is 0. The highest BCUT2D eigenvalue weighted by atomic mass is 31.2. The lowest BCUT2D eigenvalue weighted by atomic mass is 10.1. The van der Waals surface area contributed by atoms with Gasteiger partial charge in [0.15, 0.2) is 0 Å². The molecule has 0 saturated heterocycles. The third kappa shape index (κ3) is 37.3. The van der Waals surface area contributed by atoms with Crippen LogP contribution >= 0.6 is 7.82 Å². The zero-order valence-electron chi connectivity index (χ0n) is 14.8. The van der Waals surface area contributed by atoms with E-state index in [4.69, 9.17) is 19.2 Å². The van der Waals surface area contributed by atoms with Crippen molar-refractivity contribution in [2.45, 2.75) is 100.0 Å². The van der Waals surface area contributed by atoms with Crippen molar-refractivity contribution >= 4 is 28.2 Å². The second kappa shape index (κ2) is 19.9. The first-order chi connectivity index (χ1) is 10.4. The number of phosphoric acid groups is 1. The molecule has 0 radical (unpaired) electrons. The van der Waals surface area contributed by atoms with Crippen molar-refractivity contribution < 1.29 is 19.2 Å². The molecule has 0 aromatic heterocycles. The summed E-state index contributed by atoms with van der Waals surface area (Å²) in [6.45, 7) is 4.60. The third-order valence-electron chi connectivity index (χ3n) is 3.71. The van der Waals surface area contributed by atoms with Crippen LogP contribution in [0.5, 0.6) is 0 Å². The van der Waals surface area contributed by atoms with E-state index in [9.17, 15) is 0 Å². The largest absolute Gasteiger partial charge is 0.466 e. The van der Waals surface area contributed by atoms with Crippen LogP contribution < -0.4 is 0 Å². The van der Waals surface area contributed by atoms with Gasteiger partial charge in [-0.05, 0) is 0 Å². The van der Waals surface area contributed by atoms with Crippen molar-refractivity contribution in [2.24, 2.45) is 0 Å². The van der Waals surface area contributed by atoms with Gasteiger partial charge in [0.25, 0.3) is 0 Å². The molecule has 0 amide bonds. The topological polar surface area (TPSA) is 77.8 Å². The highest BCUT2D eigenvalue weighted by Gasteiger charge is 2.00. The van der Waals surface area contributed by atoms with E-state index in [1.54, 1.807) is 21.9 Å². The van der Waals surface area contributed by atoms with E-state index in [0.29, 0.717) is 20.4 Å². The van der Waals surface area contributed by atoms with Gasteiger partial charge in [0, 0.05) is 0 Å². The molecule has 0 aliphatic heterocycles. The molecule has 0 unspecified atom stereocenters. The Morgan fingerprint density at radius 2 is 0.909 bits per heavy atom. The van der Waals surface area contributed by atoms with Crippen LogP contribution in [0.3, 0.4) is 0 Å². The molecule has 0 aliphatic rings. The standard InChI is InChI=1S/2C8H17.Mg.H3O4P/c2*1-3-5-7-8-6-4-2;;1-5(2,3)4/h2*1,3-8H2,2H3;;(H3,1,2,3,4). The SMILES string of the molecule is CCCCCCC[CH2][Mg][CH2]CCCCCCC.O=P(O)(O)O. The maximum atomic E-state index is 8.88. The smallest absolute Gasteiger partial charge is 0.303 e. The van der Waals surface area contributed by atoms with E-state index in [-0.39, 0.29) is 0 Å². The molecule has 4 nitrogen and oxygen atoms in total. The lowest BCUT2D eigenvalue weighted by Gasteiger charge is -2.01. The first-order valence-electron chi connectivity index (χ1n) is 9.20. The first-order valence-corrected chi connectivity index (χ1v) is 12.8. The second-order valence-corrected chi connectivity index (χ2v) is 9.26. The monoisotopic (exact) mass is 348 g/mol. The van der Waals surface area contributed by atoms with Crippen molar-refractivity contribution in [1.29, 1.82) is 0 Å². The average molecular weight is 349 g/mol. The highest BCUT2D eigenvalue weighted by molar-refractivity contribution is 7.45. The minimum atomic E-state index is -4.64. The zero-order chi connectivity index (χ0) is 17.1. The van der Waals surface area contributed by atoms with Crippen LogP contribution in [-0.2, 0) is 4.57 Å². The predicted molar refractivity (Wildman–Crippen MR) is 96.4 cm³/mol. The number of hydrogen-bond acceptors (Lipinski definition) is 1. The second-order valence-electron chi connectivity index (χ2n) is 6.11. The molecule has 3 N–H and O–H groups in total. The Hall–Kier alpha value is 0.876. The van der Waals surface area contributed by atoms with Gasteiger partial charge in [-0.15, -0.1) is 9.10 Å². The molecule has 0 rings (SSSR count). The van der Waals surface area contributed by atoms with Gasteiger partial charge >= 0.3 is 28.2 Å². The van der Waals surface area contributed by atoms with Crippen LogP contribution in [-0.4, -0.2) is 35.0 Å². The summed E-state index contributed by atoms with van der Waals surface area (Å²) in [7, 11) is -4.64. The summed E-state index contributed by atoms with van der Waals surface area (Å²) < 4.78 is 12.1. The lowest BCUT2D eigenvalue weighted by molar-refractivity contribution is 0.275. The minimum absolute atomic E-state index is 0.332. The quantitative estimate of drug-likeness (QED) is 0.225. The van der Waals surface area contributed by atoms with Crippen LogP contribution in [0.25, 0.3) is 0 Å². The Labute approximate surface area is 147 Å². The Balaban J connectivity index is 0. The first kappa shape index (κ1) is 25.1. The summed E-state index contributed by atoms with van der Waals surface area (Å²) >= 11 is 0.332. The van der Waals surface area contributed by atoms with E-state index in [2.05, 4.69) is 13.8 Å². The van der Waals surface area contributed by atoms with E-state index < -0.39 is 7.82 Å². The molecule has 0 fully saturated rings. The Morgan fingerprint density at radius 3 is 1.23 bits per heavy atom. The van der Waals surface area contributed by atoms with Crippen LogP contribution in [0, 0.1) is 0 Å². The Bertz CT molecular complexity index is 224. The molecule has 6 heteroatoms. The molecule has 0 heterocycles. The van der Waals surface area contributed by atoms with E-state index in [1.165, 1.54) is 64.2 Å². The Morgan fingerprint density at radius 1 is 0.636 bits per heavy atom. The van der Waals surface area contributed by atoms with Gasteiger partial charge in [0.2, 0.25) is 0 Å². The van der Waals surface area contributed by atoms with Gasteiger partial charge < -0.3 is 14.7 Å². The van der Waals surface area contributed by atoms with Gasteiger partial charge in [-0.3, -0.25) is 0 Å². The summed E-state index contributed by atoms with van der Waals surface area (Å²) in [6, 6.07) is 0. The predicted octanol–water partition coefficient (Wildman–Crippen LogP) is 5.32. The minimum Gasteiger partial charge on any atom is -0.303 e. The van der Waals surface area contributed by atoms with E-state index in [1.807, 2.05) is 0 Å². The van der Waals surface area contributed by atoms with Gasteiger partial charge in [0.1, 0.15) is 0 Å². The van der Waals surface area contributed by atoms with Crippen LogP contribution in [0.2, 0.25) is 9.10 Å². The van der Waals surface area contributed by atoms with Crippen LogP contribution in [0.1, 0.15) is 90.9 Å². The summed E-state index contributed by atoms with van der Waals surface area (Å²) in [5.74, 6) is 0. The molecular formula is C16H37MgO4P. The van der Waals surface area contributed by atoms with Gasteiger partial charge in [-0.25, -0.2) is 4.57 Å². The van der Waals surface area contributed by atoms with E-state index in [0.717, 1.165) is 0 Å². The maximum absolute atomic E-state index is 8.88. The molecule has 22 heavy (non-hydrogen) atoms. The van der Waals surface area contributed by atoms with Crippen molar-refractivity contribution in [3.8, 4) is 0 Å². The van der Waals surface area contributed by atoms with Crippen LogP contribution in [0.4, 0.5) is 0 Å². The molecular weight excluding hydrogens is 311 g/mol. The molecule has 0 saturated carbocycles. The fourth-order valence-electron chi connectivity index (χ4n) is 2.44. The fourth-order valence-corrected chi connectivity index (χ4v) is 4.21. The Kier molecular flexibility index (Phi) is 22.7. The molecule has 0 aromatic rings. The maximum Gasteiger partial charge on any atom is 0.466 e. The number of rotatable bonds is 14.